The highest BCUT2D eigenvalue weighted by molar-refractivity contribution is 6.31. The summed E-state index contributed by atoms with van der Waals surface area (Å²) in [6.45, 7) is 6.25. The first-order chi connectivity index (χ1) is 9.99. The molecule has 0 radical (unpaired) electrons. The van der Waals surface area contributed by atoms with Gasteiger partial charge in [-0.2, -0.15) is 4.98 Å². The van der Waals surface area contributed by atoms with Crippen LogP contribution in [-0.2, 0) is 0 Å². The van der Waals surface area contributed by atoms with Crippen LogP contribution in [0.15, 0.2) is 28.8 Å². The number of aryl methyl sites for hydroxylation is 1. The largest absolute Gasteiger partial charge is 0.387 e. The molecule has 1 aromatic carbocycles. The van der Waals surface area contributed by atoms with Crippen LogP contribution in [0.4, 0.5) is 0 Å². The van der Waals surface area contributed by atoms with Crippen LogP contribution in [-0.4, -0.2) is 21.8 Å². The van der Waals surface area contributed by atoms with Crippen molar-refractivity contribution < 1.29 is 9.63 Å². The number of aromatic nitrogens is 2. The van der Waals surface area contributed by atoms with Crippen molar-refractivity contribution in [2.75, 3.05) is 6.54 Å². The van der Waals surface area contributed by atoms with Crippen LogP contribution in [0.2, 0.25) is 5.02 Å². The lowest BCUT2D eigenvalue weighted by Crippen LogP contribution is -2.30. The molecule has 2 unspecified atom stereocenters. The van der Waals surface area contributed by atoms with Crippen molar-refractivity contribution >= 4 is 11.6 Å². The Bertz CT molecular complexity index is 586. The Morgan fingerprint density at radius 2 is 2.05 bits per heavy atom. The highest BCUT2D eigenvalue weighted by atomic mass is 35.5. The van der Waals surface area contributed by atoms with Crippen LogP contribution < -0.4 is 5.32 Å². The molecule has 2 rings (SSSR count). The number of halogens is 1. The molecule has 2 atom stereocenters. The third kappa shape index (κ3) is 4.03. The van der Waals surface area contributed by atoms with E-state index in [1.807, 2.05) is 18.2 Å². The van der Waals surface area contributed by atoms with Gasteiger partial charge in [0.15, 0.2) is 5.82 Å². The molecule has 0 aliphatic rings. The molecule has 0 aliphatic heterocycles. The molecule has 0 spiro atoms. The molecular formula is C15H20ClN3O2. The van der Waals surface area contributed by atoms with E-state index >= 15 is 0 Å². The number of nitrogens with one attached hydrogen (secondary N) is 1. The smallest absolute Gasteiger partial charge is 0.244 e. The molecule has 0 fully saturated rings. The summed E-state index contributed by atoms with van der Waals surface area (Å²) in [5, 5.41) is 17.9. The molecule has 21 heavy (non-hydrogen) atoms. The van der Waals surface area contributed by atoms with E-state index in [2.05, 4.69) is 29.3 Å². The molecule has 114 valence electrons. The van der Waals surface area contributed by atoms with Gasteiger partial charge in [0, 0.05) is 17.1 Å². The molecule has 0 saturated heterocycles. The fraction of sp³-hybridized carbons (Fsp3) is 0.467. The minimum Gasteiger partial charge on any atom is -0.387 e. The lowest BCUT2D eigenvalue weighted by Gasteiger charge is -2.21. The molecule has 1 aromatic heterocycles. The molecule has 0 bridgehead atoms. The summed E-state index contributed by atoms with van der Waals surface area (Å²) in [7, 11) is 0. The molecule has 1 heterocycles. The van der Waals surface area contributed by atoms with E-state index in [9.17, 15) is 5.11 Å². The monoisotopic (exact) mass is 309 g/mol. The minimum absolute atomic E-state index is 0.108. The first-order valence-corrected chi connectivity index (χ1v) is 7.33. The Balaban J connectivity index is 2.04. The minimum atomic E-state index is -0.691. The first kappa shape index (κ1) is 15.9. The van der Waals surface area contributed by atoms with E-state index < -0.39 is 6.10 Å². The molecule has 0 aliphatic carbocycles. The molecule has 0 amide bonds. The maximum Gasteiger partial charge on any atom is 0.244 e. The Morgan fingerprint density at radius 1 is 1.33 bits per heavy atom. The third-order valence-electron chi connectivity index (χ3n) is 3.27. The predicted molar refractivity (Wildman–Crippen MR) is 81.0 cm³/mol. The normalized spacial score (nSPS) is 14.4. The lowest BCUT2D eigenvalue weighted by molar-refractivity contribution is 0.160. The van der Waals surface area contributed by atoms with Gasteiger partial charge >= 0.3 is 0 Å². The highest BCUT2D eigenvalue weighted by Gasteiger charge is 2.23. The number of nitrogens with zero attached hydrogens (tertiary/aromatic N) is 2. The molecule has 6 heteroatoms. The van der Waals surface area contributed by atoms with Gasteiger partial charge in [-0.3, -0.25) is 0 Å². The SMILES string of the molecule is Cc1noc(C(NCC(O)c2ccccc2Cl)C(C)C)n1. The zero-order valence-electron chi connectivity index (χ0n) is 12.4. The van der Waals surface area contributed by atoms with Gasteiger partial charge in [-0.1, -0.05) is 48.8 Å². The van der Waals surface area contributed by atoms with Crippen molar-refractivity contribution in [3.63, 3.8) is 0 Å². The lowest BCUT2D eigenvalue weighted by atomic mass is 10.0. The number of rotatable bonds is 6. The molecular weight excluding hydrogens is 290 g/mol. The summed E-state index contributed by atoms with van der Waals surface area (Å²) in [6.07, 6.45) is -0.691. The Labute approximate surface area is 129 Å². The number of aliphatic hydroxyl groups excluding tert-OH is 1. The number of hydrogen-bond donors (Lipinski definition) is 2. The molecule has 2 N–H and O–H groups in total. The molecule has 2 aromatic rings. The highest BCUT2D eigenvalue weighted by Crippen LogP contribution is 2.24. The summed E-state index contributed by atoms with van der Waals surface area (Å²) < 4.78 is 5.22. The average Bonchev–Trinajstić information content (AvgIpc) is 2.85. The fourth-order valence-electron chi connectivity index (χ4n) is 2.14. The van der Waals surface area contributed by atoms with E-state index in [4.69, 9.17) is 16.1 Å². The average molecular weight is 310 g/mol. The van der Waals surface area contributed by atoms with Crippen molar-refractivity contribution in [1.29, 1.82) is 0 Å². The van der Waals surface area contributed by atoms with Crippen molar-refractivity contribution in [3.05, 3.63) is 46.6 Å². The van der Waals surface area contributed by atoms with E-state index in [1.54, 1.807) is 13.0 Å². The van der Waals surface area contributed by atoms with Crippen LogP contribution in [0.3, 0.4) is 0 Å². The van der Waals surface area contributed by atoms with Gasteiger partial charge in [-0.05, 0) is 18.9 Å². The third-order valence-corrected chi connectivity index (χ3v) is 3.62. The Hall–Kier alpha value is -1.43. The number of hydrogen-bond acceptors (Lipinski definition) is 5. The zero-order chi connectivity index (χ0) is 15.4. The van der Waals surface area contributed by atoms with Gasteiger partial charge in [0.1, 0.15) is 0 Å². The van der Waals surface area contributed by atoms with Crippen LogP contribution in [0.1, 0.15) is 43.3 Å². The summed E-state index contributed by atoms with van der Waals surface area (Å²) in [4.78, 5) is 4.25. The second-order valence-corrected chi connectivity index (χ2v) is 5.75. The van der Waals surface area contributed by atoms with E-state index in [-0.39, 0.29) is 12.0 Å². The van der Waals surface area contributed by atoms with Gasteiger partial charge in [0.2, 0.25) is 5.89 Å². The van der Waals surface area contributed by atoms with Crippen molar-refractivity contribution in [3.8, 4) is 0 Å². The summed E-state index contributed by atoms with van der Waals surface area (Å²) >= 11 is 6.09. The maximum absolute atomic E-state index is 10.3. The fourth-order valence-corrected chi connectivity index (χ4v) is 2.40. The Morgan fingerprint density at radius 3 is 2.62 bits per heavy atom. The molecule has 5 nitrogen and oxygen atoms in total. The second kappa shape index (κ2) is 7.02. The van der Waals surface area contributed by atoms with Crippen LogP contribution in [0, 0.1) is 12.8 Å². The maximum atomic E-state index is 10.3. The number of aliphatic hydroxyl groups is 1. The van der Waals surface area contributed by atoms with E-state index in [1.165, 1.54) is 0 Å². The standard InChI is InChI=1S/C15H20ClN3O2/c1-9(2)14(15-18-10(3)19-21-15)17-8-13(20)11-6-4-5-7-12(11)16/h4-7,9,13-14,17,20H,8H2,1-3H3. The second-order valence-electron chi connectivity index (χ2n) is 5.35. The van der Waals surface area contributed by atoms with E-state index in [0.29, 0.717) is 28.8 Å². The van der Waals surface area contributed by atoms with E-state index in [0.717, 1.165) is 0 Å². The van der Waals surface area contributed by atoms with Crippen molar-refractivity contribution in [2.45, 2.75) is 32.9 Å². The predicted octanol–water partition coefficient (Wildman–Crippen LogP) is 3.05. The summed E-state index contributed by atoms with van der Waals surface area (Å²) in [5.41, 5.74) is 0.705. The van der Waals surface area contributed by atoms with Gasteiger partial charge < -0.3 is 14.9 Å². The van der Waals surface area contributed by atoms with Gasteiger partial charge in [0.05, 0.1) is 12.1 Å². The molecule has 0 saturated carbocycles. The topological polar surface area (TPSA) is 71.2 Å². The number of benzene rings is 1. The van der Waals surface area contributed by atoms with Gasteiger partial charge in [-0.25, -0.2) is 0 Å². The zero-order valence-corrected chi connectivity index (χ0v) is 13.1. The quantitative estimate of drug-likeness (QED) is 0.858. The van der Waals surface area contributed by atoms with Crippen molar-refractivity contribution in [1.82, 2.24) is 15.5 Å². The van der Waals surface area contributed by atoms with Crippen molar-refractivity contribution in [2.24, 2.45) is 5.92 Å². The summed E-state index contributed by atoms with van der Waals surface area (Å²) in [5.74, 6) is 1.39. The first-order valence-electron chi connectivity index (χ1n) is 6.95. The van der Waals surface area contributed by atoms with Crippen LogP contribution in [0.25, 0.3) is 0 Å². The van der Waals surface area contributed by atoms with Gasteiger partial charge in [-0.15, -0.1) is 0 Å². The van der Waals surface area contributed by atoms with Crippen LogP contribution in [0.5, 0.6) is 0 Å². The van der Waals surface area contributed by atoms with Crippen LogP contribution >= 0.6 is 11.6 Å². The van der Waals surface area contributed by atoms with Gasteiger partial charge in [0.25, 0.3) is 0 Å². The summed E-state index contributed by atoms with van der Waals surface area (Å²) in [6, 6.07) is 7.16. The Kier molecular flexibility index (Phi) is 5.33.